The zero-order valence-corrected chi connectivity index (χ0v) is 14.1. The zero-order chi connectivity index (χ0) is 16.2. The highest BCUT2D eigenvalue weighted by Crippen LogP contribution is 2.20. The van der Waals surface area contributed by atoms with Gasteiger partial charge in [-0.15, -0.1) is 0 Å². The monoisotopic (exact) mass is 334 g/mol. The molecule has 0 radical (unpaired) electrons. The Morgan fingerprint density at radius 1 is 1.32 bits per heavy atom. The number of methoxy groups -OCH3 is 1. The lowest BCUT2D eigenvalue weighted by atomic mass is 10.2. The Kier molecular flexibility index (Phi) is 6.16. The van der Waals surface area contributed by atoms with Gasteiger partial charge in [-0.2, -0.15) is 17.0 Å². The summed E-state index contributed by atoms with van der Waals surface area (Å²) in [6.45, 7) is 5.08. The minimum Gasteiger partial charge on any atom is -0.469 e. The van der Waals surface area contributed by atoms with Gasteiger partial charge in [0.15, 0.2) is 0 Å². The van der Waals surface area contributed by atoms with E-state index in [9.17, 15) is 13.2 Å². The van der Waals surface area contributed by atoms with Gasteiger partial charge in [0.2, 0.25) is 0 Å². The molecule has 22 heavy (non-hydrogen) atoms. The summed E-state index contributed by atoms with van der Waals surface area (Å²) in [5.41, 5.74) is 0. The molecule has 0 aromatic rings. The average Bonchev–Trinajstić information content (AvgIpc) is 3.03. The fraction of sp³-hybridized carbons (Fsp3) is 0.923. The summed E-state index contributed by atoms with van der Waals surface area (Å²) in [6.07, 6.45) is 0.936. The van der Waals surface area contributed by atoms with E-state index in [1.54, 1.807) is 0 Å². The third-order valence-electron chi connectivity index (χ3n) is 4.37. The van der Waals surface area contributed by atoms with Crippen molar-refractivity contribution in [3.8, 4) is 0 Å². The fourth-order valence-corrected chi connectivity index (χ4v) is 4.34. The van der Waals surface area contributed by atoms with Gasteiger partial charge in [-0.3, -0.25) is 9.69 Å². The van der Waals surface area contributed by atoms with Crippen LogP contribution in [-0.2, 0) is 19.7 Å². The van der Waals surface area contributed by atoms with Crippen molar-refractivity contribution in [3.63, 3.8) is 0 Å². The lowest BCUT2D eigenvalue weighted by Crippen LogP contribution is -2.50. The molecule has 0 saturated carbocycles. The lowest BCUT2D eigenvalue weighted by molar-refractivity contribution is -0.140. The molecule has 128 valence electrons. The van der Waals surface area contributed by atoms with Crippen molar-refractivity contribution in [1.82, 2.24) is 18.8 Å². The number of carbonyl (C=O) groups is 1. The first-order chi connectivity index (χ1) is 10.4. The molecule has 2 rings (SSSR count). The predicted molar refractivity (Wildman–Crippen MR) is 82.6 cm³/mol. The minimum absolute atomic E-state index is 0.0707. The van der Waals surface area contributed by atoms with Gasteiger partial charge in [-0.05, 0) is 6.42 Å². The molecule has 1 N–H and O–H groups in total. The van der Waals surface area contributed by atoms with Crippen LogP contribution in [-0.4, -0.2) is 93.9 Å². The number of ether oxygens (including phenoxy) is 1. The highest BCUT2D eigenvalue weighted by Gasteiger charge is 2.36. The average molecular weight is 334 g/mol. The van der Waals surface area contributed by atoms with Crippen LogP contribution in [0.5, 0.6) is 0 Å². The van der Waals surface area contributed by atoms with Gasteiger partial charge in [0.25, 0.3) is 10.2 Å². The number of rotatable bonds is 6. The molecule has 1 atom stereocenters. The molecule has 0 amide bonds. The first-order valence-corrected chi connectivity index (χ1v) is 9.08. The molecule has 2 heterocycles. The Hall–Kier alpha value is -0.740. The standard InChI is InChI=1S/C13H26N4O4S/c1-15(7-4-13(18)21-2)22(19,20)17-8-3-12(11-17)16-9-5-14-6-10-16/h12,14H,3-11H2,1-2H3. The van der Waals surface area contributed by atoms with E-state index in [2.05, 4.69) is 15.0 Å². The summed E-state index contributed by atoms with van der Waals surface area (Å²) < 4.78 is 32.4. The van der Waals surface area contributed by atoms with Crippen molar-refractivity contribution in [2.75, 3.05) is 60.0 Å². The van der Waals surface area contributed by atoms with Crippen LogP contribution in [0.1, 0.15) is 12.8 Å². The van der Waals surface area contributed by atoms with Crippen molar-refractivity contribution >= 4 is 16.2 Å². The molecule has 2 fully saturated rings. The van der Waals surface area contributed by atoms with E-state index in [1.807, 2.05) is 0 Å². The van der Waals surface area contributed by atoms with Crippen LogP contribution >= 0.6 is 0 Å². The minimum atomic E-state index is -3.50. The predicted octanol–water partition coefficient (Wildman–Crippen LogP) is -1.29. The molecule has 0 aromatic carbocycles. The second kappa shape index (κ2) is 7.69. The molecular formula is C13H26N4O4S. The Labute approximate surface area is 132 Å². The van der Waals surface area contributed by atoms with Crippen LogP contribution in [0.4, 0.5) is 0 Å². The SMILES string of the molecule is COC(=O)CCN(C)S(=O)(=O)N1CCC(N2CCNCC2)C1. The topological polar surface area (TPSA) is 82.2 Å². The Morgan fingerprint density at radius 2 is 2.00 bits per heavy atom. The molecule has 0 aliphatic carbocycles. The van der Waals surface area contributed by atoms with Gasteiger partial charge < -0.3 is 10.1 Å². The molecule has 8 nitrogen and oxygen atoms in total. The van der Waals surface area contributed by atoms with Gasteiger partial charge in [0, 0.05) is 58.9 Å². The van der Waals surface area contributed by atoms with E-state index in [1.165, 1.54) is 22.8 Å². The number of carbonyl (C=O) groups excluding carboxylic acids is 1. The summed E-state index contributed by atoms with van der Waals surface area (Å²) in [4.78, 5) is 13.5. The first kappa shape index (κ1) is 17.6. The highest BCUT2D eigenvalue weighted by molar-refractivity contribution is 7.86. The highest BCUT2D eigenvalue weighted by atomic mass is 32.2. The van der Waals surface area contributed by atoms with Crippen molar-refractivity contribution in [3.05, 3.63) is 0 Å². The van der Waals surface area contributed by atoms with Gasteiger partial charge in [0.05, 0.1) is 13.5 Å². The van der Waals surface area contributed by atoms with E-state index in [-0.39, 0.29) is 13.0 Å². The molecule has 1 unspecified atom stereocenters. The fourth-order valence-electron chi connectivity index (χ4n) is 2.93. The summed E-state index contributed by atoms with van der Waals surface area (Å²) in [6, 6.07) is 0.297. The number of hydrogen-bond donors (Lipinski definition) is 1. The quantitative estimate of drug-likeness (QED) is 0.609. The van der Waals surface area contributed by atoms with Crippen LogP contribution < -0.4 is 5.32 Å². The van der Waals surface area contributed by atoms with E-state index in [4.69, 9.17) is 0 Å². The Morgan fingerprint density at radius 3 is 2.64 bits per heavy atom. The largest absolute Gasteiger partial charge is 0.469 e. The molecule has 0 bridgehead atoms. The maximum absolute atomic E-state index is 12.5. The molecule has 0 aromatic heterocycles. The first-order valence-electron chi connectivity index (χ1n) is 7.68. The number of piperazine rings is 1. The molecule has 0 spiro atoms. The Balaban J connectivity index is 1.88. The van der Waals surface area contributed by atoms with Crippen LogP contribution in [0.25, 0.3) is 0 Å². The van der Waals surface area contributed by atoms with Crippen LogP contribution in [0.3, 0.4) is 0 Å². The van der Waals surface area contributed by atoms with Crippen LogP contribution in [0, 0.1) is 0 Å². The summed E-state index contributed by atoms with van der Waals surface area (Å²) >= 11 is 0. The maximum atomic E-state index is 12.5. The zero-order valence-electron chi connectivity index (χ0n) is 13.3. The smallest absolute Gasteiger partial charge is 0.306 e. The van der Waals surface area contributed by atoms with Crippen molar-refractivity contribution in [2.45, 2.75) is 18.9 Å². The molecule has 2 aliphatic rings. The maximum Gasteiger partial charge on any atom is 0.306 e. The van der Waals surface area contributed by atoms with Gasteiger partial charge in [0.1, 0.15) is 0 Å². The normalized spacial score (nSPS) is 24.8. The van der Waals surface area contributed by atoms with E-state index in [0.717, 1.165) is 32.6 Å². The molecule has 2 aliphatic heterocycles. The van der Waals surface area contributed by atoms with Gasteiger partial charge in [-0.25, -0.2) is 0 Å². The van der Waals surface area contributed by atoms with Crippen LogP contribution in [0.2, 0.25) is 0 Å². The second-order valence-electron chi connectivity index (χ2n) is 5.74. The molecule has 9 heteroatoms. The second-order valence-corrected chi connectivity index (χ2v) is 7.78. The van der Waals surface area contributed by atoms with Gasteiger partial charge >= 0.3 is 5.97 Å². The number of nitrogens with one attached hydrogen (secondary N) is 1. The molecule has 2 saturated heterocycles. The molecular weight excluding hydrogens is 308 g/mol. The summed E-state index contributed by atoms with van der Waals surface area (Å²) in [5.74, 6) is -0.401. The lowest BCUT2D eigenvalue weighted by Gasteiger charge is -2.32. The van der Waals surface area contributed by atoms with Crippen molar-refractivity contribution in [2.24, 2.45) is 0 Å². The summed E-state index contributed by atoms with van der Waals surface area (Å²) in [7, 11) is -0.686. The number of nitrogens with zero attached hydrogens (tertiary/aromatic N) is 3. The third kappa shape index (κ3) is 4.17. The van der Waals surface area contributed by atoms with Crippen LogP contribution in [0.15, 0.2) is 0 Å². The third-order valence-corrected chi connectivity index (χ3v) is 6.33. The summed E-state index contributed by atoms with van der Waals surface area (Å²) in [5, 5.41) is 3.31. The van der Waals surface area contributed by atoms with E-state index in [0.29, 0.717) is 19.1 Å². The van der Waals surface area contributed by atoms with E-state index >= 15 is 0 Å². The van der Waals surface area contributed by atoms with Crippen molar-refractivity contribution < 1.29 is 17.9 Å². The number of esters is 1. The van der Waals surface area contributed by atoms with Gasteiger partial charge in [-0.1, -0.05) is 0 Å². The van der Waals surface area contributed by atoms with E-state index < -0.39 is 16.2 Å². The Bertz CT molecular complexity index is 478. The van der Waals surface area contributed by atoms with Crippen molar-refractivity contribution in [1.29, 1.82) is 0 Å². The number of hydrogen-bond acceptors (Lipinski definition) is 6.